The van der Waals surface area contributed by atoms with Crippen molar-refractivity contribution in [2.24, 2.45) is 0 Å². The zero-order valence-corrected chi connectivity index (χ0v) is 19.5. The van der Waals surface area contributed by atoms with E-state index in [0.717, 1.165) is 10.0 Å². The fourth-order valence-electron chi connectivity index (χ4n) is 2.26. The van der Waals surface area contributed by atoms with E-state index in [1.54, 1.807) is 30.3 Å². The standard InChI is InChI=1S/C21H21BrClN3O3S/c1-13(2)15-7-9-18(16(22)11-15)29-12-20(28)25-26-21(30)24-19(27)10-8-14-5-3-4-6-17(14)23/h3-11,13H,12H2,1-2H3,(H,25,28)(H2,24,26,27,30). The van der Waals surface area contributed by atoms with Crippen LogP contribution in [0.15, 0.2) is 53.0 Å². The molecular formula is C21H21BrClN3O3S. The van der Waals surface area contributed by atoms with Crippen LogP contribution in [-0.4, -0.2) is 23.5 Å². The molecule has 0 heterocycles. The van der Waals surface area contributed by atoms with Crippen molar-refractivity contribution in [1.29, 1.82) is 0 Å². The van der Waals surface area contributed by atoms with E-state index in [1.165, 1.54) is 6.08 Å². The van der Waals surface area contributed by atoms with E-state index in [-0.39, 0.29) is 11.7 Å². The number of nitrogens with one attached hydrogen (secondary N) is 3. The van der Waals surface area contributed by atoms with Crippen molar-refractivity contribution in [1.82, 2.24) is 16.2 Å². The number of carbonyl (C=O) groups excluding carboxylic acids is 2. The molecule has 0 aliphatic rings. The first-order valence-electron chi connectivity index (χ1n) is 9.01. The summed E-state index contributed by atoms with van der Waals surface area (Å²) in [5, 5.41) is 2.89. The van der Waals surface area contributed by atoms with Crippen LogP contribution < -0.4 is 20.9 Å². The van der Waals surface area contributed by atoms with Crippen molar-refractivity contribution in [3.63, 3.8) is 0 Å². The number of halogens is 2. The molecule has 2 amide bonds. The quantitative estimate of drug-likeness (QED) is 0.306. The van der Waals surface area contributed by atoms with Crippen molar-refractivity contribution in [2.45, 2.75) is 19.8 Å². The molecule has 9 heteroatoms. The number of carbonyl (C=O) groups is 2. The monoisotopic (exact) mass is 509 g/mol. The van der Waals surface area contributed by atoms with Gasteiger partial charge < -0.3 is 4.74 Å². The van der Waals surface area contributed by atoms with E-state index in [0.29, 0.717) is 22.3 Å². The minimum atomic E-state index is -0.466. The third kappa shape index (κ3) is 7.78. The van der Waals surface area contributed by atoms with Gasteiger partial charge in [-0.3, -0.25) is 25.8 Å². The van der Waals surface area contributed by atoms with Gasteiger partial charge in [-0.2, -0.15) is 0 Å². The third-order valence-electron chi connectivity index (χ3n) is 3.85. The minimum Gasteiger partial charge on any atom is -0.483 e. The number of hydrogen-bond acceptors (Lipinski definition) is 4. The van der Waals surface area contributed by atoms with Crippen LogP contribution in [-0.2, 0) is 9.59 Å². The second kappa shape index (κ2) is 11.7. The Balaban J connectivity index is 1.74. The van der Waals surface area contributed by atoms with Crippen LogP contribution in [0.3, 0.4) is 0 Å². The van der Waals surface area contributed by atoms with E-state index in [2.05, 4.69) is 45.9 Å². The first kappa shape index (κ1) is 23.9. The van der Waals surface area contributed by atoms with Crippen LogP contribution in [0.4, 0.5) is 0 Å². The molecule has 0 radical (unpaired) electrons. The number of rotatable bonds is 6. The molecule has 0 unspecified atom stereocenters. The van der Waals surface area contributed by atoms with E-state index < -0.39 is 11.8 Å². The summed E-state index contributed by atoms with van der Waals surface area (Å²) >= 11 is 14.4. The van der Waals surface area contributed by atoms with E-state index in [1.807, 2.05) is 18.2 Å². The molecule has 0 saturated heterocycles. The molecule has 0 saturated carbocycles. The first-order valence-corrected chi connectivity index (χ1v) is 10.6. The molecule has 30 heavy (non-hydrogen) atoms. The summed E-state index contributed by atoms with van der Waals surface area (Å²) in [6, 6.07) is 12.8. The van der Waals surface area contributed by atoms with Gasteiger partial charge in [-0.05, 0) is 69.5 Å². The Hall–Kier alpha value is -2.42. The highest BCUT2D eigenvalue weighted by Gasteiger charge is 2.09. The Bertz CT molecular complexity index is 966. The van der Waals surface area contributed by atoms with Gasteiger partial charge in [-0.15, -0.1) is 0 Å². The molecule has 0 fully saturated rings. The SMILES string of the molecule is CC(C)c1ccc(OCC(=O)NNC(=S)NC(=O)C=Cc2ccccc2Cl)c(Br)c1. The van der Waals surface area contributed by atoms with Gasteiger partial charge in [0.15, 0.2) is 11.7 Å². The van der Waals surface area contributed by atoms with Gasteiger partial charge in [0.2, 0.25) is 5.91 Å². The molecule has 6 nitrogen and oxygen atoms in total. The fourth-order valence-corrected chi connectivity index (χ4v) is 3.12. The highest BCUT2D eigenvalue weighted by molar-refractivity contribution is 9.10. The molecule has 2 aromatic rings. The lowest BCUT2D eigenvalue weighted by atomic mass is 10.0. The largest absolute Gasteiger partial charge is 0.483 e. The topological polar surface area (TPSA) is 79.5 Å². The minimum absolute atomic E-state index is 0.0559. The number of hydrazine groups is 1. The lowest BCUT2D eigenvalue weighted by Gasteiger charge is -2.12. The average Bonchev–Trinajstić information content (AvgIpc) is 2.70. The Kier molecular flexibility index (Phi) is 9.29. The van der Waals surface area contributed by atoms with Gasteiger partial charge in [0.1, 0.15) is 5.75 Å². The first-order chi connectivity index (χ1) is 14.3. The summed E-state index contributed by atoms with van der Waals surface area (Å²) < 4.78 is 6.26. The maximum atomic E-state index is 11.9. The van der Waals surface area contributed by atoms with E-state index in [9.17, 15) is 9.59 Å². The van der Waals surface area contributed by atoms with E-state index in [4.69, 9.17) is 28.6 Å². The second-order valence-electron chi connectivity index (χ2n) is 6.48. The molecule has 2 aromatic carbocycles. The third-order valence-corrected chi connectivity index (χ3v) is 5.02. The fraction of sp³-hybridized carbons (Fsp3) is 0.190. The number of thiocarbonyl (C=S) groups is 1. The lowest BCUT2D eigenvalue weighted by Crippen LogP contribution is -2.49. The van der Waals surface area contributed by atoms with Crippen LogP contribution in [0.2, 0.25) is 5.02 Å². The maximum absolute atomic E-state index is 11.9. The average molecular weight is 511 g/mol. The van der Waals surface area contributed by atoms with Crippen molar-refractivity contribution < 1.29 is 14.3 Å². The van der Waals surface area contributed by atoms with Crippen LogP contribution in [0, 0.1) is 0 Å². The second-order valence-corrected chi connectivity index (χ2v) is 8.15. The molecular weight excluding hydrogens is 490 g/mol. The summed E-state index contributed by atoms with van der Waals surface area (Å²) in [6.07, 6.45) is 2.85. The zero-order valence-electron chi connectivity index (χ0n) is 16.4. The van der Waals surface area contributed by atoms with Gasteiger partial charge in [0.25, 0.3) is 5.91 Å². The van der Waals surface area contributed by atoms with Gasteiger partial charge in [-0.25, -0.2) is 0 Å². The highest BCUT2D eigenvalue weighted by Crippen LogP contribution is 2.28. The van der Waals surface area contributed by atoms with E-state index >= 15 is 0 Å². The van der Waals surface area contributed by atoms with Crippen LogP contribution in [0.5, 0.6) is 5.75 Å². The lowest BCUT2D eigenvalue weighted by molar-refractivity contribution is -0.123. The zero-order chi connectivity index (χ0) is 22.1. The maximum Gasteiger partial charge on any atom is 0.276 e. The van der Waals surface area contributed by atoms with Gasteiger partial charge in [-0.1, -0.05) is 49.7 Å². The van der Waals surface area contributed by atoms with Gasteiger partial charge >= 0.3 is 0 Å². The Labute approximate surface area is 194 Å². The molecule has 0 aliphatic carbocycles. The number of amides is 2. The van der Waals surface area contributed by atoms with Gasteiger partial charge in [0, 0.05) is 11.1 Å². The van der Waals surface area contributed by atoms with Crippen LogP contribution in [0.1, 0.15) is 30.9 Å². The summed E-state index contributed by atoms with van der Waals surface area (Å²) in [7, 11) is 0. The highest BCUT2D eigenvalue weighted by atomic mass is 79.9. The Morgan fingerprint density at radius 3 is 2.60 bits per heavy atom. The molecule has 0 spiro atoms. The molecule has 3 N–H and O–H groups in total. The number of hydrogen-bond donors (Lipinski definition) is 3. The molecule has 0 bridgehead atoms. The predicted molar refractivity (Wildman–Crippen MR) is 126 cm³/mol. The Morgan fingerprint density at radius 1 is 1.20 bits per heavy atom. The summed E-state index contributed by atoms with van der Waals surface area (Å²) in [6.45, 7) is 3.96. The molecule has 0 atom stereocenters. The normalized spacial score (nSPS) is 10.7. The van der Waals surface area contributed by atoms with Crippen molar-refractivity contribution in [3.05, 3.63) is 69.2 Å². The molecule has 0 aromatic heterocycles. The predicted octanol–water partition coefficient (Wildman–Crippen LogP) is 4.34. The smallest absolute Gasteiger partial charge is 0.276 e. The summed E-state index contributed by atoms with van der Waals surface area (Å²) in [4.78, 5) is 23.8. The van der Waals surface area contributed by atoms with Crippen molar-refractivity contribution >= 4 is 62.8 Å². The summed E-state index contributed by atoms with van der Waals surface area (Å²) in [5.41, 5.74) is 6.66. The summed E-state index contributed by atoms with van der Waals surface area (Å²) in [5.74, 6) is 0.0128. The number of benzene rings is 2. The van der Waals surface area contributed by atoms with Gasteiger partial charge in [0.05, 0.1) is 4.47 Å². The van der Waals surface area contributed by atoms with Crippen molar-refractivity contribution in [2.75, 3.05) is 6.61 Å². The molecule has 0 aliphatic heterocycles. The number of ether oxygens (including phenoxy) is 1. The Morgan fingerprint density at radius 2 is 1.93 bits per heavy atom. The van der Waals surface area contributed by atoms with Crippen LogP contribution in [0.25, 0.3) is 6.08 Å². The van der Waals surface area contributed by atoms with Crippen molar-refractivity contribution in [3.8, 4) is 5.75 Å². The molecule has 2 rings (SSSR count). The molecule has 158 valence electrons. The van der Waals surface area contributed by atoms with Crippen LogP contribution >= 0.6 is 39.7 Å².